The summed E-state index contributed by atoms with van der Waals surface area (Å²) in [5.74, 6) is -1.83. The predicted octanol–water partition coefficient (Wildman–Crippen LogP) is 11.8. The predicted molar refractivity (Wildman–Crippen MR) is 245 cm³/mol. The van der Waals surface area contributed by atoms with Gasteiger partial charge in [-0.25, -0.2) is 0 Å². The lowest BCUT2D eigenvalue weighted by molar-refractivity contribution is -0.889. The van der Waals surface area contributed by atoms with Gasteiger partial charge in [0.05, 0.1) is 40.3 Å². The van der Waals surface area contributed by atoms with Crippen LogP contribution in [-0.2, 0) is 28.6 Å². The molecule has 0 aliphatic heterocycles. The molecule has 0 amide bonds. The zero-order valence-electron chi connectivity index (χ0n) is 38.4. The molecule has 0 aromatic heterocycles. The van der Waals surface area contributed by atoms with Crippen molar-refractivity contribution < 1.29 is 38.2 Å². The Morgan fingerprint density at radius 2 is 0.966 bits per heavy atom. The first-order valence-corrected chi connectivity index (χ1v) is 23.5. The van der Waals surface area contributed by atoms with Crippen LogP contribution in [0.3, 0.4) is 0 Å². The van der Waals surface area contributed by atoms with Crippen LogP contribution in [0.5, 0.6) is 0 Å². The third kappa shape index (κ3) is 40.0. The molecule has 0 aliphatic rings. The second-order valence-corrected chi connectivity index (χ2v) is 16.6. The van der Waals surface area contributed by atoms with Crippen molar-refractivity contribution in [1.82, 2.24) is 0 Å². The van der Waals surface area contributed by atoms with Crippen LogP contribution in [0.15, 0.2) is 72.9 Å². The van der Waals surface area contributed by atoms with E-state index in [1.54, 1.807) is 21.1 Å². The number of rotatable bonds is 41. The lowest BCUT2D eigenvalue weighted by atomic mass is 10.1. The highest BCUT2D eigenvalue weighted by Gasteiger charge is 2.25. The SMILES string of the molecule is CC/C=C/C/C=C/C/C=C/C/C=C/C/C=C/CCCC(=O)OCC(COCCC(C(=O)[O-])[N+](C)(C)C)OC(=O)CCCCCCC/C=C/CCCCCCCCCCC. The molecule has 0 rings (SSSR count). The number of hydrogen-bond donors (Lipinski definition) is 0. The second kappa shape index (κ2) is 41.5. The van der Waals surface area contributed by atoms with Crippen LogP contribution in [0.2, 0.25) is 0 Å². The van der Waals surface area contributed by atoms with E-state index >= 15 is 0 Å². The van der Waals surface area contributed by atoms with Crippen LogP contribution in [0.25, 0.3) is 0 Å². The summed E-state index contributed by atoms with van der Waals surface area (Å²) >= 11 is 0. The number of aliphatic carboxylic acids is 1. The average molecular weight is 826 g/mol. The summed E-state index contributed by atoms with van der Waals surface area (Å²) in [5.41, 5.74) is 0. The van der Waals surface area contributed by atoms with Crippen LogP contribution >= 0.6 is 0 Å². The molecular formula is C51H87NO7. The summed E-state index contributed by atoms with van der Waals surface area (Å²) in [7, 11) is 5.38. The standard InChI is InChI=1S/C51H87NO7/c1-6-8-10-12-14-16-18-20-22-24-26-28-30-32-34-36-38-40-42-50(54)59-47(45-57-44-43-48(51(55)56)52(3,4)5)46-58-49(53)41-39-37-35-33-31-29-27-25-23-21-19-17-15-13-11-9-7-2/h9,11,15,17,21,23,26-29,33,35,47-48H,6-8,10,12-14,16,18-20,22,24-25,30-32,34,36-46H2,1-5H3/b11-9+,17-15+,23-21+,28-26+,29-27+,35-33+. The number of nitrogens with zero attached hydrogens (tertiary/aromatic N) is 1. The van der Waals surface area contributed by atoms with Gasteiger partial charge in [-0.3, -0.25) is 9.59 Å². The Morgan fingerprint density at radius 1 is 0.525 bits per heavy atom. The molecule has 0 saturated heterocycles. The van der Waals surface area contributed by atoms with Gasteiger partial charge in [0.25, 0.3) is 0 Å². The number of likely N-dealkylation sites (N-methyl/N-ethyl adjacent to an activating group) is 1. The topological polar surface area (TPSA) is 102 Å². The van der Waals surface area contributed by atoms with E-state index < -0.39 is 18.1 Å². The molecule has 0 bridgehead atoms. The Hall–Kier alpha value is -3.23. The van der Waals surface area contributed by atoms with Crippen molar-refractivity contribution in [1.29, 1.82) is 0 Å². The van der Waals surface area contributed by atoms with Gasteiger partial charge >= 0.3 is 11.9 Å². The summed E-state index contributed by atoms with van der Waals surface area (Å²) < 4.78 is 17.1. The highest BCUT2D eigenvalue weighted by atomic mass is 16.6. The second-order valence-electron chi connectivity index (χ2n) is 16.6. The fourth-order valence-corrected chi connectivity index (χ4v) is 6.45. The lowest BCUT2D eigenvalue weighted by Crippen LogP contribution is -2.55. The number of carbonyl (C=O) groups excluding carboxylic acids is 3. The van der Waals surface area contributed by atoms with Crippen molar-refractivity contribution in [3.63, 3.8) is 0 Å². The Labute approximate surface area is 361 Å². The minimum atomic E-state index is -1.14. The summed E-state index contributed by atoms with van der Waals surface area (Å²) in [5, 5.41) is 11.6. The van der Waals surface area contributed by atoms with Crippen molar-refractivity contribution in [3.05, 3.63) is 72.9 Å². The minimum Gasteiger partial charge on any atom is -0.544 e. The largest absolute Gasteiger partial charge is 0.544 e. The number of ether oxygens (including phenoxy) is 3. The van der Waals surface area contributed by atoms with Gasteiger partial charge in [0.15, 0.2) is 6.10 Å². The number of quaternary nitrogens is 1. The molecule has 338 valence electrons. The fourth-order valence-electron chi connectivity index (χ4n) is 6.45. The van der Waals surface area contributed by atoms with Crippen molar-refractivity contribution in [3.8, 4) is 0 Å². The number of carboxylic acid groups (broad SMARTS) is 1. The summed E-state index contributed by atoms with van der Waals surface area (Å²) in [6.07, 6.45) is 52.2. The number of carbonyl (C=O) groups is 3. The van der Waals surface area contributed by atoms with Gasteiger partial charge in [-0.15, -0.1) is 0 Å². The molecule has 0 N–H and O–H groups in total. The van der Waals surface area contributed by atoms with E-state index in [4.69, 9.17) is 14.2 Å². The number of carboxylic acids is 1. The summed E-state index contributed by atoms with van der Waals surface area (Å²) in [4.78, 5) is 36.9. The van der Waals surface area contributed by atoms with Crippen molar-refractivity contribution >= 4 is 17.9 Å². The smallest absolute Gasteiger partial charge is 0.306 e. The molecule has 8 nitrogen and oxygen atoms in total. The Bertz CT molecular complexity index is 1190. The molecule has 8 heteroatoms. The maximum Gasteiger partial charge on any atom is 0.306 e. The Morgan fingerprint density at radius 3 is 1.47 bits per heavy atom. The van der Waals surface area contributed by atoms with Gasteiger partial charge in [0, 0.05) is 19.3 Å². The minimum absolute atomic E-state index is 0.0165. The molecule has 0 fully saturated rings. The number of hydrogen-bond acceptors (Lipinski definition) is 7. The maximum absolute atomic E-state index is 12.7. The zero-order chi connectivity index (χ0) is 43.5. The number of unbranched alkanes of at least 4 members (excludes halogenated alkanes) is 15. The van der Waals surface area contributed by atoms with Gasteiger partial charge < -0.3 is 28.6 Å². The molecule has 0 radical (unpaired) electrons. The number of esters is 2. The average Bonchev–Trinajstić information content (AvgIpc) is 3.19. The maximum atomic E-state index is 12.7. The summed E-state index contributed by atoms with van der Waals surface area (Å²) in [6.45, 7) is 4.48. The van der Waals surface area contributed by atoms with Gasteiger partial charge in [0.2, 0.25) is 0 Å². The zero-order valence-corrected chi connectivity index (χ0v) is 38.4. The molecule has 0 saturated carbocycles. The van der Waals surface area contributed by atoms with E-state index in [0.717, 1.165) is 70.6 Å². The third-order valence-corrected chi connectivity index (χ3v) is 10.1. The molecule has 0 aromatic rings. The van der Waals surface area contributed by atoms with Crippen molar-refractivity contribution in [2.75, 3.05) is 41.0 Å². The van der Waals surface area contributed by atoms with Gasteiger partial charge in [-0.2, -0.15) is 0 Å². The molecule has 0 aromatic carbocycles. The van der Waals surface area contributed by atoms with E-state index in [-0.39, 0.29) is 49.1 Å². The highest BCUT2D eigenvalue weighted by Crippen LogP contribution is 2.13. The first-order valence-electron chi connectivity index (χ1n) is 23.5. The third-order valence-electron chi connectivity index (χ3n) is 10.1. The first-order chi connectivity index (χ1) is 28.6. The molecule has 2 unspecified atom stereocenters. The van der Waals surface area contributed by atoms with Crippen LogP contribution in [0, 0.1) is 0 Å². The summed E-state index contributed by atoms with van der Waals surface area (Å²) in [6, 6.07) is -0.739. The molecular weight excluding hydrogens is 739 g/mol. The van der Waals surface area contributed by atoms with Crippen molar-refractivity contribution in [2.24, 2.45) is 0 Å². The highest BCUT2D eigenvalue weighted by molar-refractivity contribution is 5.70. The van der Waals surface area contributed by atoms with E-state index in [1.165, 1.54) is 70.6 Å². The van der Waals surface area contributed by atoms with Crippen LogP contribution in [-0.4, -0.2) is 75.5 Å². The Kier molecular flexibility index (Phi) is 39.2. The lowest BCUT2D eigenvalue weighted by Gasteiger charge is -2.34. The first kappa shape index (κ1) is 55.8. The van der Waals surface area contributed by atoms with Crippen molar-refractivity contribution in [2.45, 2.75) is 193 Å². The van der Waals surface area contributed by atoms with E-state index in [2.05, 4.69) is 86.8 Å². The normalized spacial score (nSPS) is 13.6. The van der Waals surface area contributed by atoms with Gasteiger partial charge in [0.1, 0.15) is 12.6 Å². The Balaban J connectivity index is 4.42. The quantitative estimate of drug-likeness (QED) is 0.0262. The van der Waals surface area contributed by atoms with Crippen LogP contribution in [0.4, 0.5) is 0 Å². The molecule has 59 heavy (non-hydrogen) atoms. The van der Waals surface area contributed by atoms with Gasteiger partial charge in [-0.1, -0.05) is 157 Å². The van der Waals surface area contributed by atoms with E-state index in [9.17, 15) is 19.5 Å². The van der Waals surface area contributed by atoms with E-state index in [0.29, 0.717) is 12.8 Å². The molecule has 2 atom stereocenters. The van der Waals surface area contributed by atoms with E-state index in [1.807, 2.05) is 0 Å². The fraction of sp³-hybridized carbons (Fsp3) is 0.706. The molecule has 0 spiro atoms. The van der Waals surface area contributed by atoms with Crippen LogP contribution < -0.4 is 5.11 Å². The van der Waals surface area contributed by atoms with Gasteiger partial charge in [-0.05, 0) is 77.0 Å². The monoisotopic (exact) mass is 826 g/mol. The number of allylic oxidation sites excluding steroid dienone is 12. The molecule has 0 heterocycles. The molecule has 0 aliphatic carbocycles. The van der Waals surface area contributed by atoms with Crippen LogP contribution in [0.1, 0.15) is 181 Å².